The van der Waals surface area contributed by atoms with Crippen molar-refractivity contribution in [3.05, 3.63) is 55.1 Å². The van der Waals surface area contributed by atoms with Crippen LogP contribution < -0.4 is 20.7 Å². The zero-order valence-corrected chi connectivity index (χ0v) is 29.0. The van der Waals surface area contributed by atoms with Gasteiger partial charge in [-0.2, -0.15) is 0 Å². The zero-order valence-electron chi connectivity index (χ0n) is 29.0. The van der Waals surface area contributed by atoms with Crippen LogP contribution in [-0.4, -0.2) is 97.9 Å². The predicted octanol–water partition coefficient (Wildman–Crippen LogP) is 3.07. The van der Waals surface area contributed by atoms with Crippen LogP contribution in [0.25, 0.3) is 0 Å². The van der Waals surface area contributed by atoms with E-state index < -0.39 is 66.2 Å². The van der Waals surface area contributed by atoms with Crippen LogP contribution in [0, 0.1) is 5.92 Å². The lowest BCUT2D eigenvalue weighted by Crippen LogP contribution is -2.59. The van der Waals surface area contributed by atoms with E-state index in [0.29, 0.717) is 31.6 Å². The molecular formula is C35H52N4O9. The molecule has 1 saturated heterocycles. The number of rotatable bonds is 18. The first-order chi connectivity index (χ1) is 22.7. The summed E-state index contributed by atoms with van der Waals surface area (Å²) in [6, 6.07) is 4.17. The molecule has 1 fully saturated rings. The highest BCUT2D eigenvalue weighted by Gasteiger charge is 2.40. The molecule has 1 aromatic rings. The number of hydrogen-bond acceptors (Lipinski definition) is 9. The van der Waals surface area contributed by atoms with E-state index in [-0.39, 0.29) is 25.6 Å². The van der Waals surface area contributed by atoms with E-state index in [1.807, 2.05) is 13.8 Å². The van der Waals surface area contributed by atoms with Gasteiger partial charge in [0.15, 0.2) is 0 Å². The highest BCUT2D eigenvalue weighted by atomic mass is 16.6. The summed E-state index contributed by atoms with van der Waals surface area (Å²) in [4.78, 5) is 67.5. The number of likely N-dealkylation sites (tertiary alicyclic amines) is 1. The van der Waals surface area contributed by atoms with E-state index in [2.05, 4.69) is 29.1 Å². The van der Waals surface area contributed by atoms with Crippen LogP contribution in [0.3, 0.4) is 0 Å². The number of carbonyl (C=O) groups is 5. The van der Waals surface area contributed by atoms with E-state index >= 15 is 0 Å². The Labute approximate surface area is 283 Å². The van der Waals surface area contributed by atoms with Crippen molar-refractivity contribution in [3.63, 3.8) is 0 Å². The van der Waals surface area contributed by atoms with Gasteiger partial charge in [-0.1, -0.05) is 45.1 Å². The minimum atomic E-state index is -1.07. The third-order valence-corrected chi connectivity index (χ3v) is 7.69. The molecule has 48 heavy (non-hydrogen) atoms. The van der Waals surface area contributed by atoms with Crippen molar-refractivity contribution in [1.29, 1.82) is 0 Å². The molecule has 13 nitrogen and oxygen atoms in total. The monoisotopic (exact) mass is 672 g/mol. The lowest BCUT2D eigenvalue weighted by Gasteiger charge is -2.32. The second-order valence-electron chi connectivity index (χ2n) is 12.6. The van der Waals surface area contributed by atoms with Crippen LogP contribution in [0.2, 0.25) is 0 Å². The summed E-state index contributed by atoms with van der Waals surface area (Å²) in [7, 11) is 1.55. The fourth-order valence-corrected chi connectivity index (χ4v) is 4.98. The Balaban J connectivity index is 2.17. The molecule has 1 heterocycles. The van der Waals surface area contributed by atoms with Gasteiger partial charge in [-0.25, -0.2) is 4.79 Å². The van der Waals surface area contributed by atoms with Crippen molar-refractivity contribution in [1.82, 2.24) is 20.9 Å². The zero-order chi connectivity index (χ0) is 35.9. The van der Waals surface area contributed by atoms with Crippen LogP contribution >= 0.6 is 0 Å². The Bertz CT molecular complexity index is 1260. The fourth-order valence-electron chi connectivity index (χ4n) is 4.98. The predicted molar refractivity (Wildman–Crippen MR) is 180 cm³/mol. The molecule has 3 N–H and O–H groups in total. The summed E-state index contributed by atoms with van der Waals surface area (Å²) in [5.41, 5.74) is -0.0488. The minimum Gasteiger partial charge on any atom is -0.497 e. The lowest BCUT2D eigenvalue weighted by molar-refractivity contribution is -0.149. The maximum Gasteiger partial charge on any atom is 0.408 e. The summed E-state index contributed by atoms with van der Waals surface area (Å²) < 4.78 is 21.2. The lowest BCUT2D eigenvalue weighted by atomic mass is 9.96. The molecule has 0 aromatic heterocycles. The second kappa shape index (κ2) is 19.4. The first-order valence-corrected chi connectivity index (χ1v) is 16.2. The molecule has 0 aliphatic carbocycles. The van der Waals surface area contributed by atoms with E-state index in [0.717, 1.165) is 5.56 Å². The molecule has 13 heteroatoms. The third kappa shape index (κ3) is 13.0. The van der Waals surface area contributed by atoms with Crippen LogP contribution in [-0.2, 0) is 39.8 Å². The van der Waals surface area contributed by atoms with Gasteiger partial charge in [0.1, 0.15) is 42.1 Å². The van der Waals surface area contributed by atoms with Gasteiger partial charge >= 0.3 is 12.1 Å². The highest BCUT2D eigenvalue weighted by molar-refractivity contribution is 5.95. The van der Waals surface area contributed by atoms with Gasteiger partial charge in [0, 0.05) is 13.0 Å². The molecule has 266 valence electrons. The summed E-state index contributed by atoms with van der Waals surface area (Å²) in [6.45, 7) is 16.3. The molecule has 0 unspecified atom stereocenters. The third-order valence-electron chi connectivity index (χ3n) is 7.69. The number of nitrogens with one attached hydrogen (secondary N) is 3. The standard InChI is InChI=1S/C35H52N4O9/c1-9-19-46-22-25(11-3)47-29(40)21-36-32(42)28-13-12-18-39(28)33(43)30(23(4)10-2)38-31(41)27(37-34(44)48-35(5,6)7)20-24-14-16-26(45-8)17-15-24/h9,11,14-17,23,25,27-28,30H,1,3,10,12-13,18-22H2,2,4-8H3,(H,36,42)(H,37,44)(H,38,41)/t23-,25+,27+,28-,30-/m0/s1. The van der Waals surface area contributed by atoms with Gasteiger partial charge in [0.2, 0.25) is 17.7 Å². The number of nitrogens with zero attached hydrogens (tertiary/aromatic N) is 1. The van der Waals surface area contributed by atoms with Gasteiger partial charge in [-0.3, -0.25) is 19.2 Å². The number of amides is 4. The van der Waals surface area contributed by atoms with Gasteiger partial charge in [-0.15, -0.1) is 6.58 Å². The molecule has 2 rings (SSSR count). The van der Waals surface area contributed by atoms with Crippen molar-refractivity contribution >= 4 is 29.8 Å². The van der Waals surface area contributed by atoms with E-state index in [1.165, 1.54) is 11.0 Å². The van der Waals surface area contributed by atoms with Gasteiger partial charge in [0.05, 0.1) is 20.3 Å². The van der Waals surface area contributed by atoms with Crippen molar-refractivity contribution in [3.8, 4) is 5.75 Å². The minimum absolute atomic E-state index is 0.0943. The highest BCUT2D eigenvalue weighted by Crippen LogP contribution is 2.22. The second-order valence-corrected chi connectivity index (χ2v) is 12.6. The molecule has 1 aliphatic heterocycles. The molecule has 1 aliphatic rings. The molecule has 0 spiro atoms. The van der Waals surface area contributed by atoms with E-state index in [1.54, 1.807) is 58.2 Å². The van der Waals surface area contributed by atoms with Gasteiger partial charge < -0.3 is 39.8 Å². The summed E-state index contributed by atoms with van der Waals surface area (Å²) in [5, 5.41) is 8.07. The summed E-state index contributed by atoms with van der Waals surface area (Å²) in [5.74, 6) is -1.86. The largest absolute Gasteiger partial charge is 0.497 e. The number of carbonyl (C=O) groups excluding carboxylic acids is 5. The summed E-state index contributed by atoms with van der Waals surface area (Å²) >= 11 is 0. The summed E-state index contributed by atoms with van der Waals surface area (Å²) in [6.07, 6.45) is 3.14. The maximum absolute atomic E-state index is 14.0. The smallest absolute Gasteiger partial charge is 0.408 e. The molecule has 5 atom stereocenters. The van der Waals surface area contributed by atoms with Crippen molar-refractivity contribution in [2.24, 2.45) is 5.92 Å². The molecular weight excluding hydrogens is 620 g/mol. The normalized spacial score (nSPS) is 16.8. The molecule has 1 aromatic carbocycles. The number of ether oxygens (including phenoxy) is 4. The van der Waals surface area contributed by atoms with E-state index in [9.17, 15) is 24.0 Å². The SMILES string of the molecule is C=CCOC[C@@H](C=C)OC(=O)CNC(=O)[C@@H]1CCCN1C(=O)[C@@H](NC(=O)[C@@H](Cc1ccc(OC)cc1)NC(=O)OC(C)(C)C)[C@@H](C)CC. The van der Waals surface area contributed by atoms with Crippen molar-refractivity contribution in [2.75, 3.05) is 33.4 Å². The quantitative estimate of drug-likeness (QED) is 0.121. The molecule has 0 saturated carbocycles. The number of benzene rings is 1. The van der Waals surface area contributed by atoms with Crippen molar-refractivity contribution in [2.45, 2.75) is 90.1 Å². The Kier molecular flexibility index (Phi) is 16.1. The van der Waals surface area contributed by atoms with Crippen LogP contribution in [0.5, 0.6) is 5.75 Å². The average molecular weight is 673 g/mol. The molecule has 0 bridgehead atoms. The number of alkyl carbamates (subject to hydrolysis) is 1. The number of hydrogen-bond donors (Lipinski definition) is 3. The molecule has 4 amide bonds. The molecule has 0 radical (unpaired) electrons. The number of methoxy groups -OCH3 is 1. The Morgan fingerprint density at radius 1 is 1.08 bits per heavy atom. The maximum atomic E-state index is 14.0. The fraction of sp³-hybridized carbons (Fsp3) is 0.571. The first-order valence-electron chi connectivity index (χ1n) is 16.2. The number of esters is 1. The Hall–Kier alpha value is -4.39. The van der Waals surface area contributed by atoms with Gasteiger partial charge in [0.25, 0.3) is 0 Å². The average Bonchev–Trinajstić information content (AvgIpc) is 3.54. The van der Waals surface area contributed by atoms with Crippen LogP contribution in [0.15, 0.2) is 49.6 Å². The Morgan fingerprint density at radius 2 is 1.77 bits per heavy atom. The van der Waals surface area contributed by atoms with E-state index in [4.69, 9.17) is 18.9 Å². The Morgan fingerprint density at radius 3 is 2.35 bits per heavy atom. The van der Waals surface area contributed by atoms with Crippen LogP contribution in [0.1, 0.15) is 59.4 Å². The first kappa shape index (κ1) is 39.8. The van der Waals surface area contributed by atoms with Crippen LogP contribution in [0.4, 0.5) is 4.79 Å². The van der Waals surface area contributed by atoms with Crippen molar-refractivity contribution < 1.29 is 42.9 Å². The topological polar surface area (TPSA) is 162 Å². The van der Waals surface area contributed by atoms with Gasteiger partial charge in [-0.05, 0) is 63.3 Å².